The zero-order valence-corrected chi connectivity index (χ0v) is 10.7. The molecular weight excluding hydrogens is 226 g/mol. The van der Waals surface area contributed by atoms with Crippen molar-refractivity contribution in [2.45, 2.75) is 43.7 Å². The average molecular weight is 248 g/mol. The SMILES string of the molecule is CN(C(=O)CNCC1(N)CCC1)C1CC1.Cl. The molecule has 3 N–H and O–H groups in total. The summed E-state index contributed by atoms with van der Waals surface area (Å²) in [6, 6.07) is 0.509. The van der Waals surface area contributed by atoms with Crippen LogP contribution >= 0.6 is 12.4 Å². The average Bonchev–Trinajstić information content (AvgIpc) is 2.97. The summed E-state index contributed by atoms with van der Waals surface area (Å²) in [6.45, 7) is 1.21. The smallest absolute Gasteiger partial charge is 0.236 e. The number of amides is 1. The highest BCUT2D eigenvalue weighted by Crippen LogP contribution is 2.28. The zero-order chi connectivity index (χ0) is 10.9. The van der Waals surface area contributed by atoms with E-state index in [1.54, 1.807) is 0 Å². The normalized spacial score (nSPS) is 21.9. The van der Waals surface area contributed by atoms with Crippen molar-refractivity contribution >= 4 is 18.3 Å². The van der Waals surface area contributed by atoms with E-state index in [1.807, 2.05) is 11.9 Å². The number of nitrogens with one attached hydrogen (secondary N) is 1. The van der Waals surface area contributed by atoms with Crippen LogP contribution in [0.4, 0.5) is 0 Å². The third-order valence-electron chi connectivity index (χ3n) is 3.59. The van der Waals surface area contributed by atoms with Crippen LogP contribution < -0.4 is 11.1 Å². The monoisotopic (exact) mass is 247 g/mol. The van der Waals surface area contributed by atoms with E-state index in [-0.39, 0.29) is 23.9 Å². The Labute approximate surface area is 103 Å². The van der Waals surface area contributed by atoms with Gasteiger partial charge in [-0.1, -0.05) is 0 Å². The van der Waals surface area contributed by atoms with E-state index in [1.165, 1.54) is 19.3 Å². The lowest BCUT2D eigenvalue weighted by Crippen LogP contribution is -2.55. The standard InChI is InChI=1S/C11H21N3O.ClH/c1-14(9-3-4-9)10(15)7-13-8-11(12)5-2-6-11;/h9,13H,2-8,12H2,1H3;1H. The molecule has 0 heterocycles. The second-order valence-corrected chi connectivity index (χ2v) is 5.06. The molecule has 0 spiro atoms. The van der Waals surface area contributed by atoms with Gasteiger partial charge in [-0.25, -0.2) is 0 Å². The van der Waals surface area contributed by atoms with Crippen LogP contribution in [-0.4, -0.2) is 42.5 Å². The highest BCUT2D eigenvalue weighted by molar-refractivity contribution is 5.85. The van der Waals surface area contributed by atoms with Gasteiger partial charge >= 0.3 is 0 Å². The number of nitrogens with two attached hydrogens (primary N) is 1. The summed E-state index contributed by atoms with van der Waals surface area (Å²) in [5.74, 6) is 0.195. The van der Waals surface area contributed by atoms with Crippen LogP contribution in [0.15, 0.2) is 0 Å². The van der Waals surface area contributed by atoms with Crippen LogP contribution in [0, 0.1) is 0 Å². The van der Waals surface area contributed by atoms with E-state index in [4.69, 9.17) is 5.73 Å². The molecule has 0 aromatic carbocycles. The van der Waals surface area contributed by atoms with Crippen molar-refractivity contribution in [3.8, 4) is 0 Å². The van der Waals surface area contributed by atoms with Gasteiger partial charge in [-0.05, 0) is 32.1 Å². The van der Waals surface area contributed by atoms with Crippen LogP contribution in [0.25, 0.3) is 0 Å². The largest absolute Gasteiger partial charge is 0.342 e. The molecule has 0 radical (unpaired) electrons. The molecule has 5 heteroatoms. The van der Waals surface area contributed by atoms with Crippen molar-refractivity contribution < 1.29 is 4.79 Å². The molecule has 94 valence electrons. The fraction of sp³-hybridized carbons (Fsp3) is 0.909. The van der Waals surface area contributed by atoms with Gasteiger partial charge in [0.2, 0.25) is 5.91 Å². The van der Waals surface area contributed by atoms with Gasteiger partial charge in [-0.3, -0.25) is 4.79 Å². The van der Waals surface area contributed by atoms with E-state index in [9.17, 15) is 4.79 Å². The molecule has 2 saturated carbocycles. The summed E-state index contributed by atoms with van der Waals surface area (Å²) in [5.41, 5.74) is 6.02. The van der Waals surface area contributed by atoms with Crippen LogP contribution in [0.3, 0.4) is 0 Å². The van der Waals surface area contributed by atoms with E-state index in [0.717, 1.165) is 19.4 Å². The zero-order valence-electron chi connectivity index (χ0n) is 9.87. The molecule has 2 fully saturated rings. The van der Waals surface area contributed by atoms with Gasteiger partial charge in [0.05, 0.1) is 6.54 Å². The van der Waals surface area contributed by atoms with Crippen LogP contribution in [0.2, 0.25) is 0 Å². The van der Waals surface area contributed by atoms with Gasteiger partial charge < -0.3 is 16.0 Å². The van der Waals surface area contributed by atoms with Crippen molar-refractivity contribution in [1.82, 2.24) is 10.2 Å². The molecule has 4 nitrogen and oxygen atoms in total. The Bertz CT molecular complexity index is 252. The molecule has 1 amide bonds. The first-order valence-electron chi connectivity index (χ1n) is 5.86. The number of hydrogen-bond acceptors (Lipinski definition) is 3. The highest BCUT2D eigenvalue weighted by atomic mass is 35.5. The summed E-state index contributed by atoms with van der Waals surface area (Å²) in [5, 5.41) is 3.17. The predicted octanol–water partition coefficient (Wildman–Crippen LogP) is 0.500. The minimum Gasteiger partial charge on any atom is -0.342 e. The first kappa shape index (κ1) is 13.7. The number of halogens is 1. The van der Waals surface area contributed by atoms with Gasteiger partial charge in [0.15, 0.2) is 0 Å². The van der Waals surface area contributed by atoms with Crippen molar-refractivity contribution in [3.63, 3.8) is 0 Å². The van der Waals surface area contributed by atoms with E-state index < -0.39 is 0 Å². The Hall–Kier alpha value is -0.320. The number of rotatable bonds is 5. The maximum atomic E-state index is 11.6. The molecular formula is C11H22ClN3O. The lowest BCUT2D eigenvalue weighted by Gasteiger charge is -2.38. The third kappa shape index (κ3) is 3.34. The first-order valence-corrected chi connectivity index (χ1v) is 5.86. The Morgan fingerprint density at radius 3 is 2.56 bits per heavy atom. The number of hydrogen-bond donors (Lipinski definition) is 2. The van der Waals surface area contributed by atoms with Gasteiger partial charge in [-0.15, -0.1) is 12.4 Å². The van der Waals surface area contributed by atoms with Crippen LogP contribution in [-0.2, 0) is 4.79 Å². The maximum absolute atomic E-state index is 11.6. The molecule has 0 unspecified atom stereocenters. The lowest BCUT2D eigenvalue weighted by atomic mass is 9.78. The van der Waals surface area contributed by atoms with Gasteiger partial charge in [0, 0.05) is 25.2 Å². The highest BCUT2D eigenvalue weighted by Gasteiger charge is 2.33. The Kier molecular flexibility index (Phi) is 4.59. The quantitative estimate of drug-likeness (QED) is 0.744. The van der Waals surface area contributed by atoms with Crippen LogP contribution in [0.5, 0.6) is 0 Å². The molecule has 2 aliphatic carbocycles. The number of likely N-dealkylation sites (N-methyl/N-ethyl adjacent to an activating group) is 1. The maximum Gasteiger partial charge on any atom is 0.236 e. The summed E-state index contributed by atoms with van der Waals surface area (Å²) < 4.78 is 0. The third-order valence-corrected chi connectivity index (χ3v) is 3.59. The van der Waals surface area contributed by atoms with Crippen molar-refractivity contribution in [2.75, 3.05) is 20.1 Å². The van der Waals surface area contributed by atoms with Gasteiger partial charge in [0.25, 0.3) is 0 Å². The molecule has 2 aliphatic rings. The molecule has 2 rings (SSSR count). The van der Waals surface area contributed by atoms with Gasteiger partial charge in [-0.2, -0.15) is 0 Å². The lowest BCUT2D eigenvalue weighted by molar-refractivity contribution is -0.129. The molecule has 0 saturated heterocycles. The number of carbonyl (C=O) groups excluding carboxylic acids is 1. The topological polar surface area (TPSA) is 58.4 Å². The number of carbonyl (C=O) groups is 1. The van der Waals surface area contributed by atoms with Crippen molar-refractivity contribution in [2.24, 2.45) is 5.73 Å². The number of nitrogens with zero attached hydrogens (tertiary/aromatic N) is 1. The fourth-order valence-corrected chi connectivity index (χ4v) is 2.02. The Morgan fingerprint density at radius 1 is 1.50 bits per heavy atom. The molecule has 0 atom stereocenters. The Morgan fingerprint density at radius 2 is 2.12 bits per heavy atom. The molecule has 16 heavy (non-hydrogen) atoms. The van der Waals surface area contributed by atoms with Crippen molar-refractivity contribution in [1.29, 1.82) is 0 Å². The summed E-state index contributed by atoms with van der Waals surface area (Å²) in [4.78, 5) is 13.5. The molecule has 0 aliphatic heterocycles. The minimum atomic E-state index is -0.0293. The second kappa shape index (κ2) is 5.34. The fourth-order valence-electron chi connectivity index (χ4n) is 2.02. The van der Waals surface area contributed by atoms with Crippen LogP contribution in [0.1, 0.15) is 32.1 Å². The molecule has 0 aromatic heterocycles. The Balaban J connectivity index is 0.00000128. The van der Waals surface area contributed by atoms with E-state index in [2.05, 4.69) is 5.32 Å². The minimum absolute atomic E-state index is 0. The van der Waals surface area contributed by atoms with E-state index >= 15 is 0 Å². The first-order chi connectivity index (χ1) is 7.11. The predicted molar refractivity (Wildman–Crippen MR) is 66.7 cm³/mol. The molecule has 0 aromatic rings. The van der Waals surface area contributed by atoms with E-state index in [0.29, 0.717) is 12.6 Å². The summed E-state index contributed by atoms with van der Waals surface area (Å²) in [6.07, 6.45) is 5.75. The molecule has 0 bridgehead atoms. The van der Waals surface area contributed by atoms with Gasteiger partial charge in [0.1, 0.15) is 0 Å². The second-order valence-electron chi connectivity index (χ2n) is 5.06. The summed E-state index contributed by atoms with van der Waals surface area (Å²) in [7, 11) is 1.89. The van der Waals surface area contributed by atoms with Crippen molar-refractivity contribution in [3.05, 3.63) is 0 Å². The summed E-state index contributed by atoms with van der Waals surface area (Å²) >= 11 is 0.